The maximum absolute atomic E-state index is 13.4. The van der Waals surface area contributed by atoms with E-state index in [1.54, 1.807) is 6.07 Å². The van der Waals surface area contributed by atoms with E-state index in [0.717, 1.165) is 30.4 Å². The molecule has 20 heavy (non-hydrogen) atoms. The highest BCUT2D eigenvalue weighted by Crippen LogP contribution is 2.35. The van der Waals surface area contributed by atoms with Gasteiger partial charge in [-0.05, 0) is 67.7 Å². The average molecular weight is 277 g/mol. The summed E-state index contributed by atoms with van der Waals surface area (Å²) in [5.41, 5.74) is 1.14. The molecule has 0 bridgehead atoms. The van der Waals surface area contributed by atoms with Crippen molar-refractivity contribution in [3.63, 3.8) is 0 Å². The lowest BCUT2D eigenvalue weighted by Gasteiger charge is -2.38. The van der Waals surface area contributed by atoms with E-state index < -0.39 is 0 Å². The van der Waals surface area contributed by atoms with Crippen molar-refractivity contribution in [3.8, 4) is 0 Å². The monoisotopic (exact) mass is 277 g/mol. The van der Waals surface area contributed by atoms with E-state index in [2.05, 4.69) is 32.2 Å². The van der Waals surface area contributed by atoms with E-state index in [9.17, 15) is 4.39 Å². The van der Waals surface area contributed by atoms with E-state index in [1.807, 2.05) is 6.07 Å². The number of halogens is 1. The summed E-state index contributed by atoms with van der Waals surface area (Å²) in [7, 11) is 0. The first-order valence-corrected chi connectivity index (χ1v) is 8.08. The van der Waals surface area contributed by atoms with Crippen molar-refractivity contribution in [2.24, 2.45) is 17.8 Å². The molecule has 1 aromatic carbocycles. The molecular formula is C18H28FN. The number of hydrogen-bond acceptors (Lipinski definition) is 1. The Balaban J connectivity index is 2.06. The molecule has 1 aliphatic rings. The van der Waals surface area contributed by atoms with Gasteiger partial charge in [-0.2, -0.15) is 0 Å². The molecule has 1 N–H and O–H groups in total. The van der Waals surface area contributed by atoms with Gasteiger partial charge in [-0.1, -0.05) is 32.9 Å². The Morgan fingerprint density at radius 3 is 2.75 bits per heavy atom. The van der Waals surface area contributed by atoms with Crippen LogP contribution in [-0.2, 0) is 6.42 Å². The minimum Gasteiger partial charge on any atom is -0.314 e. The smallest absolute Gasteiger partial charge is 0.123 e. The van der Waals surface area contributed by atoms with Gasteiger partial charge in [0.2, 0.25) is 0 Å². The van der Waals surface area contributed by atoms with Crippen molar-refractivity contribution in [3.05, 3.63) is 35.6 Å². The molecule has 0 aliphatic heterocycles. The Kier molecular flexibility index (Phi) is 5.59. The van der Waals surface area contributed by atoms with Crippen LogP contribution in [0.5, 0.6) is 0 Å². The highest BCUT2D eigenvalue weighted by molar-refractivity contribution is 5.17. The lowest BCUT2D eigenvalue weighted by atomic mass is 9.71. The first kappa shape index (κ1) is 15.5. The average Bonchev–Trinajstić information content (AvgIpc) is 2.41. The molecule has 1 saturated carbocycles. The van der Waals surface area contributed by atoms with Crippen LogP contribution in [0.3, 0.4) is 0 Å². The van der Waals surface area contributed by atoms with E-state index in [4.69, 9.17) is 0 Å². The summed E-state index contributed by atoms with van der Waals surface area (Å²) in [5, 5.41) is 3.64. The first-order valence-electron chi connectivity index (χ1n) is 8.08. The lowest BCUT2D eigenvalue weighted by molar-refractivity contribution is 0.169. The van der Waals surface area contributed by atoms with Crippen molar-refractivity contribution in [1.82, 2.24) is 5.32 Å². The maximum Gasteiger partial charge on any atom is 0.123 e. The number of benzene rings is 1. The number of rotatable bonds is 5. The van der Waals surface area contributed by atoms with Gasteiger partial charge >= 0.3 is 0 Å². The molecule has 112 valence electrons. The lowest BCUT2D eigenvalue weighted by Crippen LogP contribution is -2.42. The Labute approximate surface area is 123 Å². The molecule has 3 atom stereocenters. The van der Waals surface area contributed by atoms with Crippen LogP contribution in [0, 0.1) is 23.6 Å². The SMILES string of the molecule is CCNC1CCC(C(C)C)CC1Cc1cccc(F)c1. The minimum absolute atomic E-state index is 0.112. The van der Waals surface area contributed by atoms with E-state index >= 15 is 0 Å². The second-order valence-corrected chi connectivity index (χ2v) is 6.58. The van der Waals surface area contributed by atoms with Crippen molar-refractivity contribution in [1.29, 1.82) is 0 Å². The van der Waals surface area contributed by atoms with E-state index in [0.29, 0.717) is 12.0 Å². The summed E-state index contributed by atoms with van der Waals surface area (Å²) in [5.74, 6) is 2.10. The number of hydrogen-bond donors (Lipinski definition) is 1. The van der Waals surface area contributed by atoms with Gasteiger partial charge in [-0.25, -0.2) is 4.39 Å². The second kappa shape index (κ2) is 7.21. The molecule has 3 unspecified atom stereocenters. The zero-order chi connectivity index (χ0) is 14.5. The Morgan fingerprint density at radius 2 is 2.10 bits per heavy atom. The largest absolute Gasteiger partial charge is 0.314 e. The van der Waals surface area contributed by atoms with Gasteiger partial charge in [-0.3, -0.25) is 0 Å². The zero-order valence-corrected chi connectivity index (χ0v) is 13.0. The van der Waals surface area contributed by atoms with Gasteiger partial charge < -0.3 is 5.32 Å². The van der Waals surface area contributed by atoms with Gasteiger partial charge in [0.1, 0.15) is 5.82 Å². The normalized spacial score (nSPS) is 26.9. The van der Waals surface area contributed by atoms with Crippen molar-refractivity contribution >= 4 is 0 Å². The summed E-state index contributed by atoms with van der Waals surface area (Å²) in [6, 6.07) is 7.71. The quantitative estimate of drug-likeness (QED) is 0.840. The van der Waals surface area contributed by atoms with E-state index in [-0.39, 0.29) is 5.82 Å². The molecule has 0 radical (unpaired) electrons. The van der Waals surface area contributed by atoms with Gasteiger partial charge in [0, 0.05) is 6.04 Å². The summed E-state index contributed by atoms with van der Waals surface area (Å²) in [6.45, 7) is 7.86. The molecule has 1 aromatic rings. The third-order valence-corrected chi connectivity index (χ3v) is 4.82. The van der Waals surface area contributed by atoms with Crippen LogP contribution in [0.4, 0.5) is 4.39 Å². The van der Waals surface area contributed by atoms with Gasteiger partial charge in [0.15, 0.2) is 0 Å². The van der Waals surface area contributed by atoms with Crippen LogP contribution in [-0.4, -0.2) is 12.6 Å². The summed E-state index contributed by atoms with van der Waals surface area (Å²) in [6.07, 6.45) is 4.86. The molecule has 0 amide bonds. The van der Waals surface area contributed by atoms with Crippen molar-refractivity contribution in [2.45, 2.75) is 52.5 Å². The van der Waals surface area contributed by atoms with Crippen LogP contribution in [0.2, 0.25) is 0 Å². The molecule has 0 saturated heterocycles. The third kappa shape index (κ3) is 4.05. The molecule has 2 rings (SSSR count). The summed E-state index contributed by atoms with van der Waals surface area (Å²) in [4.78, 5) is 0. The van der Waals surface area contributed by atoms with Crippen molar-refractivity contribution < 1.29 is 4.39 Å². The molecule has 1 aliphatic carbocycles. The molecule has 2 heteroatoms. The zero-order valence-electron chi connectivity index (χ0n) is 13.0. The molecule has 1 fully saturated rings. The molecule has 0 spiro atoms. The first-order chi connectivity index (χ1) is 9.60. The fourth-order valence-corrected chi connectivity index (χ4v) is 3.63. The van der Waals surface area contributed by atoms with Gasteiger partial charge in [0.25, 0.3) is 0 Å². The standard InChI is InChI=1S/C18H28FN/c1-4-20-18-9-8-15(13(2)3)12-16(18)10-14-6-5-7-17(19)11-14/h5-7,11,13,15-16,18,20H,4,8-10,12H2,1-3H3. The van der Waals surface area contributed by atoms with Crippen LogP contribution < -0.4 is 5.32 Å². The fraction of sp³-hybridized carbons (Fsp3) is 0.667. The Bertz CT molecular complexity index is 416. The maximum atomic E-state index is 13.4. The van der Waals surface area contributed by atoms with Crippen molar-refractivity contribution in [2.75, 3.05) is 6.54 Å². The highest BCUT2D eigenvalue weighted by Gasteiger charge is 2.31. The topological polar surface area (TPSA) is 12.0 Å². The highest BCUT2D eigenvalue weighted by atomic mass is 19.1. The van der Waals surface area contributed by atoms with Gasteiger partial charge in [-0.15, -0.1) is 0 Å². The van der Waals surface area contributed by atoms with Gasteiger partial charge in [0.05, 0.1) is 0 Å². The fourth-order valence-electron chi connectivity index (χ4n) is 3.63. The Morgan fingerprint density at radius 1 is 1.30 bits per heavy atom. The third-order valence-electron chi connectivity index (χ3n) is 4.82. The van der Waals surface area contributed by atoms with Crippen LogP contribution >= 0.6 is 0 Å². The van der Waals surface area contributed by atoms with Crippen LogP contribution in [0.25, 0.3) is 0 Å². The molecule has 0 aromatic heterocycles. The second-order valence-electron chi connectivity index (χ2n) is 6.58. The van der Waals surface area contributed by atoms with Crippen LogP contribution in [0.1, 0.15) is 45.6 Å². The minimum atomic E-state index is -0.112. The summed E-state index contributed by atoms with van der Waals surface area (Å²) < 4.78 is 13.4. The number of nitrogens with one attached hydrogen (secondary N) is 1. The Hall–Kier alpha value is -0.890. The predicted molar refractivity (Wildman–Crippen MR) is 83.2 cm³/mol. The predicted octanol–water partition coefficient (Wildman–Crippen LogP) is 4.42. The van der Waals surface area contributed by atoms with E-state index in [1.165, 1.54) is 25.3 Å². The molecule has 1 nitrogen and oxygen atoms in total. The molecule has 0 heterocycles. The molecular weight excluding hydrogens is 249 g/mol. The summed E-state index contributed by atoms with van der Waals surface area (Å²) >= 11 is 0. The van der Waals surface area contributed by atoms with Crippen LogP contribution in [0.15, 0.2) is 24.3 Å².